The molecule has 3 aromatic carbocycles. The summed E-state index contributed by atoms with van der Waals surface area (Å²) in [7, 11) is 0.192. The number of cyclic esters (lactones) is 1. The highest BCUT2D eigenvalue weighted by Crippen LogP contribution is 2.44. The summed E-state index contributed by atoms with van der Waals surface area (Å²) in [6, 6.07) is 20.1. The molecule has 0 aliphatic carbocycles. The first-order chi connectivity index (χ1) is 39.2. The SMILES string of the molecule is CCn1c(-c2cc(-c3nc(CN4CCS(=O)(=O)CC4)co3)cnc2C(C)OC)c2c3cc(ccc31)-c1cc(O)cc(c1)C[C@H](NC(=O)C(C(C)C)N(C)C(=O)C1OCCC1c1ccccc1)C(=O)N1CCCC(N1)C(=O)OCC(C)(C)C2. The van der Waals surface area contributed by atoms with E-state index in [1.54, 1.807) is 38.8 Å². The van der Waals surface area contributed by atoms with Gasteiger partial charge in [0.1, 0.15) is 36.2 Å². The molecule has 10 rings (SSSR count). The number of oxazole rings is 1. The number of phenolic OH excluding ortho intramolecular Hbond substituents is 1. The van der Waals surface area contributed by atoms with Crippen molar-refractivity contribution < 1.29 is 51.3 Å². The van der Waals surface area contributed by atoms with Crippen LogP contribution in [0.1, 0.15) is 101 Å². The van der Waals surface area contributed by atoms with Gasteiger partial charge in [-0.2, -0.15) is 0 Å². The van der Waals surface area contributed by atoms with Gasteiger partial charge in [0.15, 0.2) is 9.84 Å². The second-order valence-corrected chi connectivity index (χ2v) is 25.9. The van der Waals surface area contributed by atoms with Gasteiger partial charge in [-0.1, -0.05) is 70.2 Å². The van der Waals surface area contributed by atoms with Crippen molar-refractivity contribution in [3.63, 3.8) is 0 Å². The summed E-state index contributed by atoms with van der Waals surface area (Å²) >= 11 is 0. The van der Waals surface area contributed by atoms with Crippen molar-refractivity contribution in [3.05, 3.63) is 113 Å². The molecule has 4 aliphatic heterocycles. The Balaban J connectivity index is 1.04. The lowest BCUT2D eigenvalue weighted by molar-refractivity contribution is -0.155. The molecule has 3 fully saturated rings. The predicted molar refractivity (Wildman–Crippen MR) is 310 cm³/mol. The maximum atomic E-state index is 15.0. The Morgan fingerprint density at radius 2 is 1.74 bits per heavy atom. The molecule has 6 aromatic rings. The topological polar surface area (TPSA) is 228 Å². The summed E-state index contributed by atoms with van der Waals surface area (Å²) in [5, 5.41) is 16.9. The number of aromatic hydroxyl groups is 1. The Hall–Kier alpha value is -6.97. The number of sulfone groups is 1. The van der Waals surface area contributed by atoms with Crippen molar-refractivity contribution in [2.45, 2.75) is 123 Å². The fraction of sp³-hybridized carbons (Fsp3) is 0.484. The molecule has 0 saturated carbocycles. The number of rotatable bonds is 13. The molecule has 20 heteroatoms. The largest absolute Gasteiger partial charge is 0.508 e. The van der Waals surface area contributed by atoms with Crippen LogP contribution in [0.5, 0.6) is 5.75 Å². The molecule has 0 radical (unpaired) electrons. The summed E-state index contributed by atoms with van der Waals surface area (Å²) in [6.07, 6.45) is 4.03. The number of hydrogen-bond acceptors (Lipinski definition) is 15. The number of aromatic nitrogens is 3. The minimum absolute atomic E-state index is 0.0347. The van der Waals surface area contributed by atoms with Crippen LogP contribution < -0.4 is 10.7 Å². The normalized spacial score (nSPS) is 22.1. The number of amides is 3. The van der Waals surface area contributed by atoms with Crippen LogP contribution in [0, 0.1) is 11.3 Å². The van der Waals surface area contributed by atoms with Crippen LogP contribution in [0.15, 0.2) is 89.7 Å². The van der Waals surface area contributed by atoms with E-state index in [2.05, 4.69) is 53.1 Å². The van der Waals surface area contributed by atoms with E-state index < -0.39 is 63.4 Å². The van der Waals surface area contributed by atoms with Crippen molar-refractivity contribution in [1.29, 1.82) is 0 Å². The van der Waals surface area contributed by atoms with Crippen LogP contribution in [-0.4, -0.2) is 149 Å². The highest BCUT2D eigenvalue weighted by molar-refractivity contribution is 7.91. The Bertz CT molecular complexity index is 3460. The Kier molecular flexibility index (Phi) is 17.1. The Morgan fingerprint density at radius 1 is 0.976 bits per heavy atom. The second-order valence-electron chi connectivity index (χ2n) is 23.6. The van der Waals surface area contributed by atoms with E-state index in [9.17, 15) is 32.7 Å². The number of nitrogens with one attached hydrogen (secondary N) is 2. The first kappa shape index (κ1) is 58.2. The van der Waals surface area contributed by atoms with E-state index >= 15 is 0 Å². The molecule has 3 amide bonds. The van der Waals surface area contributed by atoms with Crippen LogP contribution in [-0.2, 0) is 69.2 Å². The van der Waals surface area contributed by atoms with Gasteiger partial charge in [0.2, 0.25) is 11.8 Å². The lowest BCUT2D eigenvalue weighted by atomic mass is 9.84. The predicted octanol–water partition coefficient (Wildman–Crippen LogP) is 7.39. The summed E-state index contributed by atoms with van der Waals surface area (Å²) in [6.45, 7) is 14.4. The third-order valence-electron chi connectivity index (χ3n) is 16.6. The number of hydrazine groups is 1. The molecule has 4 aliphatic rings. The van der Waals surface area contributed by atoms with Crippen molar-refractivity contribution >= 4 is 44.4 Å². The van der Waals surface area contributed by atoms with Gasteiger partial charge in [0.05, 0.1) is 46.9 Å². The van der Waals surface area contributed by atoms with Crippen LogP contribution in [0.4, 0.5) is 0 Å². The lowest BCUT2D eigenvalue weighted by Gasteiger charge is -2.37. The summed E-state index contributed by atoms with van der Waals surface area (Å²) in [5.74, 6) is -1.91. The number of aryl methyl sites for hydroxylation is 1. The molecular weight excluding hydrogens is 1060 g/mol. The molecule has 0 spiro atoms. The molecule has 6 bridgehead atoms. The standard InChI is InChI=1S/C62H76N8O11S/c1-9-69-52-18-17-41-30-47(52)49(55(69)48-31-43(33-63-53(48)38(4)78-8)58-64-44(35-80-58)34-68-21-24-82(76,77)25-22-68)32-62(5,6)36-81-61(75)50-16-13-20-70(66-50)59(73)51(28-39-26-42(41)29-45(71)27-39)65-57(72)54(37(2)3)67(7)60(74)56-46(19-23-79-56)40-14-11-10-12-15-40/h10-12,14-15,17-18,26-27,29-31,33,35,37-38,46,50-51,54,56,66,71H,9,13,16,19-25,28,32,34,36H2,1-8H3,(H,65,72)/t38?,46?,50?,51-,54?,56?/m0/s1. The lowest BCUT2D eigenvalue weighted by Crippen LogP contribution is -2.62. The fourth-order valence-corrected chi connectivity index (χ4v) is 13.6. The minimum atomic E-state index is -3.05. The number of carbonyl (C=O) groups excluding carboxylic acids is 4. The highest BCUT2D eigenvalue weighted by Gasteiger charge is 2.43. The van der Waals surface area contributed by atoms with Crippen molar-refractivity contribution in [1.82, 2.24) is 40.1 Å². The molecule has 436 valence electrons. The highest BCUT2D eigenvalue weighted by atomic mass is 32.2. The molecule has 5 unspecified atom stereocenters. The van der Waals surface area contributed by atoms with Crippen molar-refractivity contribution in [2.24, 2.45) is 11.3 Å². The molecular formula is C62H76N8O11S. The molecule has 3 saturated heterocycles. The second kappa shape index (κ2) is 24.1. The first-order valence-electron chi connectivity index (χ1n) is 28.6. The van der Waals surface area contributed by atoms with Crippen LogP contribution in [0.3, 0.4) is 0 Å². The number of benzene rings is 3. The fourth-order valence-electron chi connectivity index (χ4n) is 12.3. The van der Waals surface area contributed by atoms with E-state index in [1.807, 2.05) is 69.3 Å². The zero-order valence-corrected chi connectivity index (χ0v) is 49.0. The van der Waals surface area contributed by atoms with Gasteiger partial charge < -0.3 is 38.5 Å². The van der Waals surface area contributed by atoms with Crippen molar-refractivity contribution in [2.75, 3.05) is 58.5 Å². The smallest absolute Gasteiger partial charge is 0.324 e. The summed E-state index contributed by atoms with van der Waals surface area (Å²) in [4.78, 5) is 71.8. The molecule has 82 heavy (non-hydrogen) atoms. The third kappa shape index (κ3) is 12.4. The van der Waals surface area contributed by atoms with E-state index in [0.29, 0.717) is 92.4 Å². The average Bonchev–Trinajstić information content (AvgIpc) is 4.43. The summed E-state index contributed by atoms with van der Waals surface area (Å²) < 4.78 is 50.9. The zero-order valence-electron chi connectivity index (χ0n) is 48.1. The van der Waals surface area contributed by atoms with E-state index in [0.717, 1.165) is 38.9 Å². The number of pyridine rings is 1. The number of methoxy groups -OCH3 is 1. The quantitative estimate of drug-likeness (QED) is 0.0958. The molecule has 7 heterocycles. The number of phenols is 1. The van der Waals surface area contributed by atoms with Crippen LogP contribution >= 0.6 is 0 Å². The van der Waals surface area contributed by atoms with Gasteiger partial charge in [-0.05, 0) is 104 Å². The molecule has 6 atom stereocenters. The van der Waals surface area contributed by atoms with Gasteiger partial charge in [-0.15, -0.1) is 0 Å². The summed E-state index contributed by atoms with van der Waals surface area (Å²) in [5.41, 5.74) is 11.1. The number of hydrogen-bond donors (Lipinski definition) is 3. The van der Waals surface area contributed by atoms with Gasteiger partial charge >= 0.3 is 5.97 Å². The molecule has 3 aromatic heterocycles. The van der Waals surface area contributed by atoms with E-state index in [-0.39, 0.29) is 54.6 Å². The number of carbonyl (C=O) groups is 4. The average molecular weight is 1140 g/mol. The van der Waals surface area contributed by atoms with Crippen LogP contribution in [0.2, 0.25) is 0 Å². The van der Waals surface area contributed by atoms with Gasteiger partial charge in [-0.3, -0.25) is 34.1 Å². The number of fused-ring (bicyclic) bond motifs is 6. The van der Waals surface area contributed by atoms with Gasteiger partial charge in [0.25, 0.3) is 11.8 Å². The number of ether oxygens (including phenoxy) is 3. The monoisotopic (exact) mass is 1140 g/mol. The van der Waals surface area contributed by atoms with E-state index in [4.69, 9.17) is 28.6 Å². The van der Waals surface area contributed by atoms with E-state index in [1.165, 1.54) is 9.91 Å². The first-order valence-corrected chi connectivity index (χ1v) is 30.4. The Labute approximate surface area is 479 Å². The number of likely N-dealkylation sites (N-methyl/N-ethyl adjacent to an activating group) is 1. The third-order valence-corrected chi connectivity index (χ3v) is 18.2. The number of esters is 1. The zero-order chi connectivity index (χ0) is 58.2. The maximum absolute atomic E-state index is 15.0. The minimum Gasteiger partial charge on any atom is -0.508 e. The van der Waals surface area contributed by atoms with Crippen LogP contribution in [0.25, 0.3) is 44.7 Å². The number of nitrogens with zero attached hydrogens (tertiary/aromatic N) is 6. The van der Waals surface area contributed by atoms with Crippen molar-refractivity contribution in [3.8, 4) is 39.6 Å². The maximum Gasteiger partial charge on any atom is 0.324 e. The molecule has 19 nitrogen and oxygen atoms in total. The van der Waals surface area contributed by atoms with Gasteiger partial charge in [-0.25, -0.2) is 18.8 Å². The molecule has 3 N–H and O–H groups in total. The Morgan fingerprint density at radius 3 is 2.48 bits per heavy atom. The van der Waals surface area contributed by atoms with Gasteiger partial charge in [0, 0.05) is 93.9 Å².